The van der Waals surface area contributed by atoms with Gasteiger partial charge in [0.05, 0.1) is 6.42 Å². The number of aromatic nitrogens is 1. The predicted octanol–water partition coefficient (Wildman–Crippen LogP) is 5.27. The standard InChI is InChI=1S/C26H27N3O3/c1-26(2,3)21-5-4-6-22(28-25(31)32)20(21)16-24(30)29-14-11-19-15-18(7-8-23(19)29)17-9-12-27-13-10-17/h4-10,12-13,15,28H,11,14,16H2,1-3H3,(H,31,32). The molecule has 1 aliphatic rings. The molecule has 0 aliphatic carbocycles. The maximum atomic E-state index is 13.4. The van der Waals surface area contributed by atoms with Crippen molar-refractivity contribution in [2.75, 3.05) is 16.8 Å². The zero-order chi connectivity index (χ0) is 22.9. The lowest BCUT2D eigenvalue weighted by Gasteiger charge is -2.26. The lowest BCUT2D eigenvalue weighted by atomic mass is 9.82. The summed E-state index contributed by atoms with van der Waals surface area (Å²) in [7, 11) is 0. The van der Waals surface area contributed by atoms with Gasteiger partial charge in [0.2, 0.25) is 5.91 Å². The number of nitrogens with one attached hydrogen (secondary N) is 1. The van der Waals surface area contributed by atoms with Crippen LogP contribution in [-0.2, 0) is 23.1 Å². The third-order valence-electron chi connectivity index (χ3n) is 5.84. The van der Waals surface area contributed by atoms with E-state index in [-0.39, 0.29) is 17.7 Å². The van der Waals surface area contributed by atoms with Crippen LogP contribution in [-0.4, -0.2) is 28.6 Å². The van der Waals surface area contributed by atoms with Crippen LogP contribution >= 0.6 is 0 Å². The Hall–Kier alpha value is -3.67. The minimum absolute atomic E-state index is 0.0365. The number of carbonyl (C=O) groups excluding carboxylic acids is 1. The van der Waals surface area contributed by atoms with Crippen LogP contribution < -0.4 is 10.2 Å². The second kappa shape index (κ2) is 8.46. The maximum Gasteiger partial charge on any atom is 0.409 e. The molecule has 0 radical (unpaired) electrons. The van der Waals surface area contributed by atoms with Gasteiger partial charge < -0.3 is 10.0 Å². The number of benzene rings is 2. The molecule has 32 heavy (non-hydrogen) atoms. The van der Waals surface area contributed by atoms with E-state index in [2.05, 4.69) is 37.1 Å². The van der Waals surface area contributed by atoms with Gasteiger partial charge in [0.25, 0.3) is 0 Å². The van der Waals surface area contributed by atoms with Crippen LogP contribution in [0.3, 0.4) is 0 Å². The molecular formula is C26H27N3O3. The minimum atomic E-state index is -1.14. The number of pyridine rings is 1. The molecule has 0 saturated carbocycles. The number of fused-ring (bicyclic) bond motifs is 1. The highest BCUT2D eigenvalue weighted by molar-refractivity contribution is 5.98. The first-order valence-corrected chi connectivity index (χ1v) is 10.7. The molecule has 2 N–H and O–H groups in total. The average molecular weight is 430 g/mol. The highest BCUT2D eigenvalue weighted by Crippen LogP contribution is 2.35. The van der Waals surface area contributed by atoms with Crippen LogP contribution in [0.4, 0.5) is 16.2 Å². The lowest BCUT2D eigenvalue weighted by Crippen LogP contribution is -2.31. The number of carboxylic acid groups (broad SMARTS) is 1. The Balaban J connectivity index is 1.63. The molecule has 0 saturated heterocycles. The summed E-state index contributed by atoms with van der Waals surface area (Å²) in [5.74, 6) is -0.0365. The number of rotatable bonds is 4. The van der Waals surface area contributed by atoms with Crippen LogP contribution in [0.15, 0.2) is 60.9 Å². The van der Waals surface area contributed by atoms with E-state index in [1.807, 2.05) is 41.3 Å². The number of hydrogen-bond donors (Lipinski definition) is 2. The fraction of sp³-hybridized carbons (Fsp3) is 0.269. The van der Waals surface area contributed by atoms with Gasteiger partial charge in [-0.05, 0) is 70.0 Å². The van der Waals surface area contributed by atoms with Crippen molar-refractivity contribution in [3.05, 3.63) is 77.6 Å². The summed E-state index contributed by atoms with van der Waals surface area (Å²) in [5.41, 5.74) is 6.19. The summed E-state index contributed by atoms with van der Waals surface area (Å²) in [5, 5.41) is 11.7. The van der Waals surface area contributed by atoms with Crippen molar-refractivity contribution in [2.24, 2.45) is 0 Å². The van der Waals surface area contributed by atoms with Crippen LogP contribution in [0.2, 0.25) is 0 Å². The smallest absolute Gasteiger partial charge is 0.409 e. The Kier molecular flexibility index (Phi) is 5.70. The second-order valence-corrected chi connectivity index (χ2v) is 9.06. The molecule has 6 heteroatoms. The summed E-state index contributed by atoms with van der Waals surface area (Å²) < 4.78 is 0. The van der Waals surface area contributed by atoms with Crippen LogP contribution in [0.5, 0.6) is 0 Å². The molecule has 0 fully saturated rings. The number of nitrogens with zero attached hydrogens (tertiary/aromatic N) is 2. The van der Waals surface area contributed by atoms with Gasteiger partial charge in [-0.3, -0.25) is 15.1 Å². The van der Waals surface area contributed by atoms with Gasteiger partial charge in [-0.1, -0.05) is 39.0 Å². The van der Waals surface area contributed by atoms with E-state index in [1.54, 1.807) is 18.5 Å². The molecule has 0 spiro atoms. The van der Waals surface area contributed by atoms with Crippen molar-refractivity contribution >= 4 is 23.4 Å². The van der Waals surface area contributed by atoms with Gasteiger partial charge in [-0.2, -0.15) is 0 Å². The molecule has 2 aromatic carbocycles. The molecule has 6 nitrogen and oxygen atoms in total. The Morgan fingerprint density at radius 2 is 1.81 bits per heavy atom. The molecule has 1 aromatic heterocycles. The number of hydrogen-bond acceptors (Lipinski definition) is 3. The van der Waals surface area contributed by atoms with Crippen molar-refractivity contribution in [1.82, 2.24) is 4.98 Å². The first-order chi connectivity index (χ1) is 15.2. The van der Waals surface area contributed by atoms with Crippen LogP contribution in [0, 0.1) is 0 Å². The zero-order valence-electron chi connectivity index (χ0n) is 18.6. The molecule has 3 aromatic rings. The monoisotopic (exact) mass is 429 g/mol. The predicted molar refractivity (Wildman–Crippen MR) is 126 cm³/mol. The summed E-state index contributed by atoms with van der Waals surface area (Å²) in [6.07, 6.45) is 3.33. The maximum absolute atomic E-state index is 13.4. The van der Waals surface area contributed by atoms with Crippen molar-refractivity contribution in [1.29, 1.82) is 0 Å². The van der Waals surface area contributed by atoms with E-state index < -0.39 is 6.09 Å². The second-order valence-electron chi connectivity index (χ2n) is 9.06. The van der Waals surface area contributed by atoms with Crippen molar-refractivity contribution in [2.45, 2.75) is 39.0 Å². The van der Waals surface area contributed by atoms with E-state index in [0.717, 1.165) is 39.9 Å². The number of anilines is 2. The third-order valence-corrected chi connectivity index (χ3v) is 5.84. The van der Waals surface area contributed by atoms with E-state index in [0.29, 0.717) is 12.2 Å². The molecule has 2 amide bonds. The minimum Gasteiger partial charge on any atom is -0.465 e. The number of amides is 2. The molecule has 0 unspecified atom stereocenters. The molecule has 0 bridgehead atoms. The Morgan fingerprint density at radius 3 is 2.50 bits per heavy atom. The van der Waals surface area contributed by atoms with Gasteiger partial charge in [0.15, 0.2) is 0 Å². The van der Waals surface area contributed by atoms with E-state index >= 15 is 0 Å². The highest BCUT2D eigenvalue weighted by atomic mass is 16.4. The molecular weight excluding hydrogens is 402 g/mol. The Morgan fingerprint density at radius 1 is 1.06 bits per heavy atom. The first kappa shape index (κ1) is 21.6. The van der Waals surface area contributed by atoms with E-state index in [4.69, 9.17) is 0 Å². The van der Waals surface area contributed by atoms with Gasteiger partial charge in [-0.15, -0.1) is 0 Å². The Bertz CT molecular complexity index is 1170. The Labute approximate surface area is 187 Å². The van der Waals surface area contributed by atoms with Crippen molar-refractivity contribution in [3.8, 4) is 11.1 Å². The zero-order valence-corrected chi connectivity index (χ0v) is 18.6. The van der Waals surface area contributed by atoms with Crippen molar-refractivity contribution in [3.63, 3.8) is 0 Å². The summed E-state index contributed by atoms with van der Waals surface area (Å²) in [6, 6.07) is 15.6. The van der Waals surface area contributed by atoms with E-state index in [9.17, 15) is 14.7 Å². The molecule has 0 atom stereocenters. The average Bonchev–Trinajstić information content (AvgIpc) is 3.18. The summed E-state index contributed by atoms with van der Waals surface area (Å²) >= 11 is 0. The van der Waals surface area contributed by atoms with Gasteiger partial charge in [0.1, 0.15) is 0 Å². The highest BCUT2D eigenvalue weighted by Gasteiger charge is 2.28. The lowest BCUT2D eigenvalue weighted by molar-refractivity contribution is -0.117. The first-order valence-electron chi connectivity index (χ1n) is 10.7. The van der Waals surface area contributed by atoms with Crippen LogP contribution in [0.25, 0.3) is 11.1 Å². The van der Waals surface area contributed by atoms with Crippen LogP contribution in [0.1, 0.15) is 37.5 Å². The fourth-order valence-electron chi connectivity index (χ4n) is 4.34. The molecule has 1 aliphatic heterocycles. The topological polar surface area (TPSA) is 82.5 Å². The fourth-order valence-corrected chi connectivity index (χ4v) is 4.34. The molecule has 2 heterocycles. The third kappa shape index (κ3) is 4.35. The van der Waals surface area contributed by atoms with E-state index in [1.165, 1.54) is 0 Å². The largest absolute Gasteiger partial charge is 0.465 e. The SMILES string of the molecule is CC(C)(C)c1cccc(NC(=O)O)c1CC(=O)N1CCc2cc(-c3ccncc3)ccc21. The quantitative estimate of drug-likeness (QED) is 0.592. The normalized spacial score (nSPS) is 13.0. The van der Waals surface area contributed by atoms with Gasteiger partial charge >= 0.3 is 6.09 Å². The number of carbonyl (C=O) groups is 2. The molecule has 4 rings (SSSR count). The van der Waals surface area contributed by atoms with Crippen molar-refractivity contribution < 1.29 is 14.7 Å². The molecule has 164 valence electrons. The van der Waals surface area contributed by atoms with Gasteiger partial charge in [-0.25, -0.2) is 4.79 Å². The van der Waals surface area contributed by atoms with Gasteiger partial charge in [0, 0.05) is 30.3 Å². The summed E-state index contributed by atoms with van der Waals surface area (Å²) in [4.78, 5) is 30.6. The summed E-state index contributed by atoms with van der Waals surface area (Å²) in [6.45, 7) is 6.80.